The zero-order valence-corrected chi connectivity index (χ0v) is 15.6. The van der Waals surface area contributed by atoms with E-state index < -0.39 is 0 Å². The van der Waals surface area contributed by atoms with Gasteiger partial charge in [0.15, 0.2) is 0 Å². The van der Waals surface area contributed by atoms with Gasteiger partial charge in [-0.15, -0.1) is 0 Å². The van der Waals surface area contributed by atoms with Gasteiger partial charge in [0, 0.05) is 35.8 Å². The van der Waals surface area contributed by atoms with Crippen molar-refractivity contribution < 1.29 is 9.59 Å². The van der Waals surface area contributed by atoms with Gasteiger partial charge in [0.25, 0.3) is 0 Å². The summed E-state index contributed by atoms with van der Waals surface area (Å²) in [6.07, 6.45) is 2.54. The molecule has 0 aliphatic carbocycles. The van der Waals surface area contributed by atoms with Crippen molar-refractivity contribution in [2.45, 2.75) is 19.4 Å². The summed E-state index contributed by atoms with van der Waals surface area (Å²) in [5.41, 5.74) is 1.75. The Balaban J connectivity index is 1.48. The number of aromatic nitrogens is 1. The van der Waals surface area contributed by atoms with Crippen LogP contribution in [0.4, 0.5) is 0 Å². The summed E-state index contributed by atoms with van der Waals surface area (Å²) in [6, 6.07) is 10.9. The quantitative estimate of drug-likeness (QED) is 0.822. The maximum atomic E-state index is 12.4. The highest BCUT2D eigenvalue weighted by atomic mass is 35.5. The third-order valence-electron chi connectivity index (χ3n) is 4.37. The van der Waals surface area contributed by atoms with Gasteiger partial charge in [-0.25, -0.2) is 0 Å². The SMILES string of the molecule is O=C(NCCc1ccc(Cl)cc1Cl)C1CC(=O)N(Cc2ccccn2)C1. The molecule has 0 radical (unpaired) electrons. The van der Waals surface area contributed by atoms with Crippen LogP contribution in [0, 0.1) is 5.92 Å². The number of benzene rings is 1. The van der Waals surface area contributed by atoms with Crippen LogP contribution < -0.4 is 5.32 Å². The van der Waals surface area contributed by atoms with Crippen molar-refractivity contribution in [2.24, 2.45) is 5.92 Å². The van der Waals surface area contributed by atoms with Crippen molar-refractivity contribution in [2.75, 3.05) is 13.1 Å². The van der Waals surface area contributed by atoms with Gasteiger partial charge >= 0.3 is 0 Å². The van der Waals surface area contributed by atoms with Gasteiger partial charge in [0.2, 0.25) is 11.8 Å². The smallest absolute Gasteiger partial charge is 0.225 e. The molecule has 1 saturated heterocycles. The molecule has 2 amide bonds. The van der Waals surface area contributed by atoms with Crippen LogP contribution in [0.3, 0.4) is 0 Å². The topological polar surface area (TPSA) is 62.3 Å². The zero-order chi connectivity index (χ0) is 18.5. The van der Waals surface area contributed by atoms with E-state index in [1.165, 1.54) is 0 Å². The average Bonchev–Trinajstić information content (AvgIpc) is 2.98. The van der Waals surface area contributed by atoms with Crippen LogP contribution in [0.2, 0.25) is 10.0 Å². The molecule has 2 aromatic rings. The lowest BCUT2D eigenvalue weighted by atomic mass is 10.1. The van der Waals surface area contributed by atoms with E-state index in [0.717, 1.165) is 11.3 Å². The summed E-state index contributed by atoms with van der Waals surface area (Å²) in [4.78, 5) is 30.4. The van der Waals surface area contributed by atoms with Crippen LogP contribution in [0.5, 0.6) is 0 Å². The summed E-state index contributed by atoms with van der Waals surface area (Å²) in [6.45, 7) is 1.32. The summed E-state index contributed by atoms with van der Waals surface area (Å²) in [5.74, 6) is -0.449. The highest BCUT2D eigenvalue weighted by Gasteiger charge is 2.34. The maximum absolute atomic E-state index is 12.4. The van der Waals surface area contributed by atoms with E-state index in [-0.39, 0.29) is 24.2 Å². The van der Waals surface area contributed by atoms with Gasteiger partial charge in [0.1, 0.15) is 0 Å². The molecular formula is C19H19Cl2N3O2. The first-order valence-corrected chi connectivity index (χ1v) is 9.18. The molecule has 5 nitrogen and oxygen atoms in total. The molecule has 1 aliphatic heterocycles. The normalized spacial score (nSPS) is 16.8. The Hall–Kier alpha value is -2.11. The van der Waals surface area contributed by atoms with E-state index in [1.54, 1.807) is 23.2 Å². The number of rotatable bonds is 6. The molecule has 0 spiro atoms. The second-order valence-electron chi connectivity index (χ2n) is 6.27. The Kier molecular flexibility index (Phi) is 6.12. The van der Waals surface area contributed by atoms with Crippen LogP contribution in [0.15, 0.2) is 42.6 Å². The maximum Gasteiger partial charge on any atom is 0.225 e. The molecule has 1 N–H and O–H groups in total. The molecule has 1 aliphatic rings. The second-order valence-corrected chi connectivity index (χ2v) is 7.12. The summed E-state index contributed by atoms with van der Waals surface area (Å²) in [7, 11) is 0. The van der Waals surface area contributed by atoms with Crippen LogP contribution in [0.1, 0.15) is 17.7 Å². The van der Waals surface area contributed by atoms with Crippen molar-refractivity contribution >= 4 is 35.0 Å². The average molecular weight is 392 g/mol. The van der Waals surface area contributed by atoms with E-state index in [4.69, 9.17) is 23.2 Å². The fourth-order valence-electron chi connectivity index (χ4n) is 2.98. The molecule has 0 saturated carbocycles. The zero-order valence-electron chi connectivity index (χ0n) is 14.1. The Morgan fingerprint density at radius 2 is 2.12 bits per heavy atom. The highest BCUT2D eigenvalue weighted by Crippen LogP contribution is 2.22. The van der Waals surface area contributed by atoms with Gasteiger partial charge in [-0.3, -0.25) is 14.6 Å². The molecule has 26 heavy (non-hydrogen) atoms. The first-order valence-electron chi connectivity index (χ1n) is 8.42. The van der Waals surface area contributed by atoms with Gasteiger partial charge in [-0.2, -0.15) is 0 Å². The molecule has 2 heterocycles. The molecule has 0 bridgehead atoms. The number of carbonyl (C=O) groups excluding carboxylic acids is 2. The lowest BCUT2D eigenvalue weighted by Crippen LogP contribution is -2.34. The first-order chi connectivity index (χ1) is 12.5. The molecule has 1 aromatic carbocycles. The van der Waals surface area contributed by atoms with E-state index in [2.05, 4.69) is 10.3 Å². The highest BCUT2D eigenvalue weighted by molar-refractivity contribution is 6.35. The van der Waals surface area contributed by atoms with E-state index in [1.807, 2.05) is 24.3 Å². The van der Waals surface area contributed by atoms with Crippen LogP contribution >= 0.6 is 23.2 Å². The van der Waals surface area contributed by atoms with E-state index >= 15 is 0 Å². The Morgan fingerprint density at radius 1 is 1.27 bits per heavy atom. The van der Waals surface area contributed by atoms with E-state index in [0.29, 0.717) is 36.1 Å². The van der Waals surface area contributed by atoms with Crippen molar-refractivity contribution in [3.05, 3.63) is 63.9 Å². The minimum atomic E-state index is -0.327. The van der Waals surface area contributed by atoms with Gasteiger partial charge in [-0.1, -0.05) is 35.3 Å². The largest absolute Gasteiger partial charge is 0.355 e. The lowest BCUT2D eigenvalue weighted by molar-refractivity contribution is -0.129. The molecule has 7 heteroatoms. The molecule has 1 unspecified atom stereocenters. The minimum Gasteiger partial charge on any atom is -0.355 e. The fourth-order valence-corrected chi connectivity index (χ4v) is 3.48. The third kappa shape index (κ3) is 4.74. The fraction of sp³-hybridized carbons (Fsp3) is 0.316. The van der Waals surface area contributed by atoms with Gasteiger partial charge in [0.05, 0.1) is 18.2 Å². The molecule has 3 rings (SSSR count). The number of nitrogens with zero attached hydrogens (tertiary/aromatic N) is 2. The monoisotopic (exact) mass is 391 g/mol. The molecule has 136 valence electrons. The van der Waals surface area contributed by atoms with Gasteiger partial charge in [-0.05, 0) is 36.2 Å². The number of amides is 2. The van der Waals surface area contributed by atoms with Crippen LogP contribution in [-0.4, -0.2) is 34.8 Å². The molecular weight excluding hydrogens is 373 g/mol. The molecule has 1 fully saturated rings. The number of hydrogen-bond acceptors (Lipinski definition) is 3. The van der Waals surface area contributed by atoms with Crippen LogP contribution in [-0.2, 0) is 22.6 Å². The number of hydrogen-bond donors (Lipinski definition) is 1. The summed E-state index contributed by atoms with van der Waals surface area (Å²) >= 11 is 12.0. The summed E-state index contributed by atoms with van der Waals surface area (Å²) < 4.78 is 0. The van der Waals surface area contributed by atoms with Crippen molar-refractivity contribution in [3.8, 4) is 0 Å². The number of halogens is 2. The lowest BCUT2D eigenvalue weighted by Gasteiger charge is -2.16. The second kappa shape index (κ2) is 8.52. The standard InChI is InChI=1S/C19H19Cl2N3O2/c20-15-5-4-13(17(21)10-15)6-8-23-19(26)14-9-18(25)24(11-14)12-16-3-1-2-7-22-16/h1-5,7,10,14H,6,8-9,11-12H2,(H,23,26). The van der Waals surface area contributed by atoms with Crippen LogP contribution in [0.25, 0.3) is 0 Å². The molecule has 1 aromatic heterocycles. The van der Waals surface area contributed by atoms with Gasteiger partial charge < -0.3 is 10.2 Å². The first kappa shape index (κ1) is 18.7. The number of carbonyl (C=O) groups is 2. The Morgan fingerprint density at radius 3 is 2.85 bits per heavy atom. The van der Waals surface area contributed by atoms with E-state index in [9.17, 15) is 9.59 Å². The predicted molar refractivity (Wildman–Crippen MR) is 101 cm³/mol. The summed E-state index contributed by atoms with van der Waals surface area (Å²) in [5, 5.41) is 4.07. The third-order valence-corrected chi connectivity index (χ3v) is 4.96. The van der Waals surface area contributed by atoms with Crippen molar-refractivity contribution in [3.63, 3.8) is 0 Å². The van der Waals surface area contributed by atoms with Crippen molar-refractivity contribution in [1.29, 1.82) is 0 Å². The number of likely N-dealkylation sites (tertiary alicyclic amines) is 1. The predicted octanol–water partition coefficient (Wildman–Crippen LogP) is 3.10. The van der Waals surface area contributed by atoms with Crippen molar-refractivity contribution in [1.82, 2.24) is 15.2 Å². The number of pyridine rings is 1. The molecule has 1 atom stereocenters. The Bertz CT molecular complexity index is 799. The minimum absolute atomic E-state index is 0.0171. The number of nitrogens with one attached hydrogen (secondary N) is 1. The Labute approximate surface area is 162 Å².